The van der Waals surface area contributed by atoms with E-state index in [-0.39, 0.29) is 63.6 Å². The van der Waals surface area contributed by atoms with Crippen LogP contribution in [0, 0.1) is 0 Å². The minimum Gasteiger partial charge on any atom is -0.481 e. The molecule has 3 amide bonds. The zero-order valence-electron chi connectivity index (χ0n) is 21.3. The number of ether oxygens (including phenoxy) is 2. The lowest BCUT2D eigenvalue weighted by Crippen LogP contribution is -2.56. The van der Waals surface area contributed by atoms with E-state index in [4.69, 9.17) is 14.6 Å². The molecule has 0 aliphatic carbocycles. The van der Waals surface area contributed by atoms with Gasteiger partial charge in [0.1, 0.15) is 6.04 Å². The van der Waals surface area contributed by atoms with E-state index in [1.54, 1.807) is 44.2 Å². The van der Waals surface area contributed by atoms with Crippen LogP contribution < -0.4 is 5.32 Å². The lowest BCUT2D eigenvalue weighted by molar-refractivity contribution is -0.138. The number of carbonyl (C=O) groups excluding carboxylic acids is 4. The zero-order chi connectivity index (χ0) is 27.7. The number of aliphatic carboxylic acids is 1. The second-order valence-corrected chi connectivity index (χ2v) is 8.35. The molecule has 1 aromatic carbocycles. The Morgan fingerprint density at radius 2 is 1.61 bits per heavy atom. The second kappa shape index (κ2) is 13.2. The fourth-order valence-electron chi connectivity index (χ4n) is 3.91. The van der Waals surface area contributed by atoms with Crippen molar-refractivity contribution in [2.24, 2.45) is 0 Å². The third-order valence-corrected chi connectivity index (χ3v) is 5.79. The number of rotatable bonds is 10. The third-order valence-electron chi connectivity index (χ3n) is 5.79. The summed E-state index contributed by atoms with van der Waals surface area (Å²) in [5.74, 6) is -3.03. The van der Waals surface area contributed by atoms with Crippen LogP contribution in [-0.2, 0) is 19.1 Å². The van der Waals surface area contributed by atoms with Gasteiger partial charge in [-0.15, -0.1) is 0 Å². The molecule has 13 nitrogen and oxygen atoms in total. The predicted molar refractivity (Wildman–Crippen MR) is 133 cm³/mol. The molecule has 3 rings (SSSR count). The van der Waals surface area contributed by atoms with Gasteiger partial charge in [0.05, 0.1) is 18.9 Å². The van der Waals surface area contributed by atoms with Crippen molar-refractivity contribution in [2.75, 3.05) is 39.4 Å². The Morgan fingerprint density at radius 1 is 0.974 bits per heavy atom. The Kier molecular flexibility index (Phi) is 9.79. The standard InChI is InChI=1S/C25H31N5O8/c1-3-37-24(35)20-16-19(27-30(20)17-8-6-5-7-9-17)22(33)26-18(10-11-21(31)32)23(34)28-12-14-29(15-13-28)25(36)38-4-2/h5-9,16,18H,3-4,10-15H2,1-2H3,(H,26,33)(H,31,32). The van der Waals surface area contributed by atoms with Crippen molar-refractivity contribution in [1.82, 2.24) is 24.9 Å². The summed E-state index contributed by atoms with van der Waals surface area (Å²) in [7, 11) is 0. The number of amides is 3. The molecule has 0 saturated carbocycles. The summed E-state index contributed by atoms with van der Waals surface area (Å²) >= 11 is 0. The molecule has 0 bridgehead atoms. The van der Waals surface area contributed by atoms with Crippen molar-refractivity contribution >= 4 is 29.8 Å². The lowest BCUT2D eigenvalue weighted by atomic mass is 10.1. The highest BCUT2D eigenvalue weighted by atomic mass is 16.6. The van der Waals surface area contributed by atoms with Crippen molar-refractivity contribution in [1.29, 1.82) is 0 Å². The van der Waals surface area contributed by atoms with Crippen LogP contribution >= 0.6 is 0 Å². The topological polar surface area (TPSA) is 160 Å². The molecule has 204 valence electrons. The van der Waals surface area contributed by atoms with E-state index in [1.165, 1.54) is 20.5 Å². The number of carboxylic acids is 1. The highest BCUT2D eigenvalue weighted by Crippen LogP contribution is 2.15. The van der Waals surface area contributed by atoms with Crippen LogP contribution in [0.4, 0.5) is 4.79 Å². The fraction of sp³-hybridized carbons (Fsp3) is 0.440. The van der Waals surface area contributed by atoms with Crippen molar-refractivity contribution in [3.8, 4) is 5.69 Å². The van der Waals surface area contributed by atoms with Gasteiger partial charge in [-0.05, 0) is 32.4 Å². The smallest absolute Gasteiger partial charge is 0.409 e. The molecule has 1 atom stereocenters. The molecule has 2 aromatic rings. The Labute approximate surface area is 219 Å². The number of hydrogen-bond acceptors (Lipinski definition) is 8. The van der Waals surface area contributed by atoms with Crippen molar-refractivity contribution < 1.29 is 38.6 Å². The van der Waals surface area contributed by atoms with Crippen LogP contribution in [0.15, 0.2) is 36.4 Å². The fourth-order valence-corrected chi connectivity index (χ4v) is 3.91. The summed E-state index contributed by atoms with van der Waals surface area (Å²) in [6.45, 7) is 4.60. The van der Waals surface area contributed by atoms with Gasteiger partial charge in [-0.25, -0.2) is 14.3 Å². The van der Waals surface area contributed by atoms with Crippen LogP contribution in [0.5, 0.6) is 0 Å². The van der Waals surface area contributed by atoms with E-state index in [0.29, 0.717) is 5.69 Å². The molecular formula is C25H31N5O8. The van der Waals surface area contributed by atoms with Gasteiger partial charge in [-0.1, -0.05) is 18.2 Å². The minimum absolute atomic E-state index is 0.0201. The Hall–Kier alpha value is -4.42. The Bertz CT molecular complexity index is 1160. The van der Waals surface area contributed by atoms with Crippen LogP contribution in [-0.4, -0.2) is 100.0 Å². The average molecular weight is 530 g/mol. The molecule has 0 spiro atoms. The number of esters is 1. The van der Waals surface area contributed by atoms with E-state index in [9.17, 15) is 24.0 Å². The molecule has 2 heterocycles. The highest BCUT2D eigenvalue weighted by molar-refractivity contribution is 5.98. The SMILES string of the molecule is CCOC(=O)c1cc(C(=O)NC(CCC(=O)O)C(=O)N2CCN(C(=O)OCC)CC2)nn1-c1ccccc1. The molecular weight excluding hydrogens is 498 g/mol. The number of nitrogens with one attached hydrogen (secondary N) is 1. The predicted octanol–water partition coefficient (Wildman–Crippen LogP) is 1.31. The van der Waals surface area contributed by atoms with Gasteiger partial charge in [-0.2, -0.15) is 5.10 Å². The van der Waals surface area contributed by atoms with Gasteiger partial charge in [0.15, 0.2) is 11.4 Å². The first-order valence-corrected chi connectivity index (χ1v) is 12.3. The van der Waals surface area contributed by atoms with Gasteiger partial charge in [0, 0.05) is 38.7 Å². The van der Waals surface area contributed by atoms with Gasteiger partial charge >= 0.3 is 18.0 Å². The molecule has 1 unspecified atom stereocenters. The van der Waals surface area contributed by atoms with Gasteiger partial charge in [0.2, 0.25) is 5.91 Å². The number of para-hydroxylation sites is 1. The molecule has 1 fully saturated rings. The van der Waals surface area contributed by atoms with Crippen LogP contribution in [0.2, 0.25) is 0 Å². The minimum atomic E-state index is -1.15. The molecule has 1 aliphatic rings. The first-order chi connectivity index (χ1) is 18.2. The first kappa shape index (κ1) is 28.2. The summed E-state index contributed by atoms with van der Waals surface area (Å²) < 4.78 is 11.4. The third kappa shape index (κ3) is 7.08. The van der Waals surface area contributed by atoms with Crippen molar-refractivity contribution in [3.05, 3.63) is 47.8 Å². The van der Waals surface area contributed by atoms with E-state index < -0.39 is 35.9 Å². The summed E-state index contributed by atoms with van der Waals surface area (Å²) in [6, 6.07) is 8.79. The largest absolute Gasteiger partial charge is 0.481 e. The second-order valence-electron chi connectivity index (χ2n) is 8.35. The van der Waals surface area contributed by atoms with E-state index >= 15 is 0 Å². The normalized spacial score (nSPS) is 13.9. The number of carbonyl (C=O) groups is 5. The van der Waals surface area contributed by atoms with E-state index in [2.05, 4.69) is 10.4 Å². The molecule has 1 aliphatic heterocycles. The van der Waals surface area contributed by atoms with E-state index in [1.807, 2.05) is 0 Å². The Morgan fingerprint density at radius 3 is 2.21 bits per heavy atom. The number of piperazine rings is 1. The average Bonchev–Trinajstić information content (AvgIpc) is 3.37. The van der Waals surface area contributed by atoms with Gasteiger partial charge in [0.25, 0.3) is 5.91 Å². The maximum Gasteiger partial charge on any atom is 0.409 e. The quantitative estimate of drug-likeness (QED) is 0.433. The molecule has 1 saturated heterocycles. The summed E-state index contributed by atoms with van der Waals surface area (Å²) in [4.78, 5) is 65.0. The summed E-state index contributed by atoms with van der Waals surface area (Å²) in [5, 5.41) is 16.0. The van der Waals surface area contributed by atoms with E-state index in [0.717, 1.165) is 0 Å². The number of hydrogen-bond donors (Lipinski definition) is 2. The highest BCUT2D eigenvalue weighted by Gasteiger charge is 2.32. The maximum atomic E-state index is 13.3. The first-order valence-electron chi connectivity index (χ1n) is 12.3. The summed E-state index contributed by atoms with van der Waals surface area (Å²) in [5.41, 5.74) is 0.399. The number of nitrogens with zero attached hydrogens (tertiary/aromatic N) is 4. The number of aromatic nitrogens is 2. The molecule has 2 N–H and O–H groups in total. The van der Waals surface area contributed by atoms with Crippen LogP contribution in [0.3, 0.4) is 0 Å². The molecule has 1 aromatic heterocycles. The summed E-state index contributed by atoms with van der Waals surface area (Å²) in [6.07, 6.45) is -0.976. The molecule has 13 heteroatoms. The van der Waals surface area contributed by atoms with Crippen LogP contribution in [0.25, 0.3) is 5.69 Å². The molecule has 0 radical (unpaired) electrons. The van der Waals surface area contributed by atoms with Gasteiger partial charge < -0.3 is 29.7 Å². The maximum absolute atomic E-state index is 13.3. The van der Waals surface area contributed by atoms with Crippen molar-refractivity contribution in [3.63, 3.8) is 0 Å². The number of benzene rings is 1. The molecule has 38 heavy (non-hydrogen) atoms. The monoisotopic (exact) mass is 529 g/mol. The van der Waals surface area contributed by atoms with Crippen molar-refractivity contribution in [2.45, 2.75) is 32.7 Å². The zero-order valence-corrected chi connectivity index (χ0v) is 21.3. The van der Waals surface area contributed by atoms with Gasteiger partial charge in [-0.3, -0.25) is 14.4 Å². The number of carboxylic acid groups (broad SMARTS) is 1. The lowest BCUT2D eigenvalue weighted by Gasteiger charge is -2.35. The Balaban J connectivity index is 1.78. The van der Waals surface area contributed by atoms with Crippen LogP contribution in [0.1, 0.15) is 47.7 Å².